The van der Waals surface area contributed by atoms with Crippen LogP contribution in [0.2, 0.25) is 10.1 Å². The molecule has 3 fully saturated rings. The molecule has 0 aliphatic carbocycles. The van der Waals surface area contributed by atoms with Crippen LogP contribution in [0.15, 0.2) is 187 Å². The Morgan fingerprint density at radius 1 is 0.500 bits per heavy atom. The van der Waals surface area contributed by atoms with Gasteiger partial charge in [-0.2, -0.15) is 0 Å². The lowest BCUT2D eigenvalue weighted by Gasteiger charge is -2.58. The Bertz CT molecular complexity index is 2790. The Balaban J connectivity index is 1.12. The molecule has 10 atom stereocenters. The summed E-state index contributed by atoms with van der Waals surface area (Å²) in [6.07, 6.45) is -9.53. The van der Waals surface area contributed by atoms with E-state index >= 15 is 0 Å². The molecule has 6 aromatic rings. The van der Waals surface area contributed by atoms with Gasteiger partial charge in [0.05, 0.1) is 43.1 Å². The average Bonchev–Trinajstić information content (AvgIpc) is 3.53. The number of carbonyl (C=O) groups excluding carboxylic acids is 3. The first-order valence-corrected chi connectivity index (χ1v) is 28.4. The van der Waals surface area contributed by atoms with Gasteiger partial charge in [0.2, 0.25) is 0 Å². The first-order valence-electron chi connectivity index (χ1n) is 25.7. The quantitative estimate of drug-likeness (QED) is 0.0485. The molecule has 3 heterocycles. The highest BCUT2D eigenvalue weighted by atomic mass is 32.2. The molecular formula is C61H66O13SSi. The molecule has 3 aliphatic rings. The van der Waals surface area contributed by atoms with Gasteiger partial charge >= 0.3 is 26.5 Å². The van der Waals surface area contributed by atoms with Gasteiger partial charge in [0.15, 0.2) is 24.6 Å². The van der Waals surface area contributed by atoms with Gasteiger partial charge in [0, 0.05) is 15.0 Å². The van der Waals surface area contributed by atoms with E-state index < -0.39 is 87.0 Å². The summed E-state index contributed by atoms with van der Waals surface area (Å²) >= 11 is 1.26. The van der Waals surface area contributed by atoms with Crippen molar-refractivity contribution >= 4 is 38.2 Å². The van der Waals surface area contributed by atoms with Gasteiger partial charge in [0.1, 0.15) is 36.0 Å². The Hall–Kier alpha value is -5.98. The number of hydrogen-bond donors (Lipinski definition) is 0. The molecule has 3 saturated heterocycles. The van der Waals surface area contributed by atoms with Crippen LogP contribution in [-0.2, 0) is 60.0 Å². The van der Waals surface area contributed by atoms with Crippen molar-refractivity contribution in [1.82, 2.24) is 0 Å². The minimum atomic E-state index is -3.11. The second-order valence-electron chi connectivity index (χ2n) is 21.1. The smallest absolute Gasteiger partial charge is 0.349 e. The molecule has 0 unspecified atom stereocenters. The summed E-state index contributed by atoms with van der Waals surface area (Å²) in [5.74, 6) is -2.18. The Morgan fingerprint density at radius 2 is 0.921 bits per heavy atom. The molecule has 0 bridgehead atoms. The van der Waals surface area contributed by atoms with Crippen LogP contribution in [0.25, 0.3) is 0 Å². The lowest BCUT2D eigenvalue weighted by Crippen LogP contribution is -2.72. The van der Waals surface area contributed by atoms with Crippen molar-refractivity contribution in [3.8, 4) is 0 Å². The van der Waals surface area contributed by atoms with Crippen LogP contribution in [0.3, 0.4) is 0 Å². The van der Waals surface area contributed by atoms with E-state index in [-0.39, 0.29) is 53.2 Å². The summed E-state index contributed by atoms with van der Waals surface area (Å²) in [5, 5.41) is -0.721. The van der Waals surface area contributed by atoms with Crippen molar-refractivity contribution in [2.75, 3.05) is 13.2 Å². The zero-order valence-corrected chi connectivity index (χ0v) is 45.5. The van der Waals surface area contributed by atoms with Crippen molar-refractivity contribution in [1.29, 1.82) is 0 Å². The molecular weight excluding hydrogens is 1000 g/mol. The highest BCUT2D eigenvalue weighted by molar-refractivity contribution is 7.99. The van der Waals surface area contributed by atoms with Crippen molar-refractivity contribution in [2.24, 2.45) is 0 Å². The third kappa shape index (κ3) is 12.9. The zero-order valence-electron chi connectivity index (χ0n) is 43.6. The van der Waals surface area contributed by atoms with Crippen LogP contribution in [0.5, 0.6) is 0 Å². The molecule has 13 nitrogen and oxygen atoms in total. The second kappa shape index (κ2) is 24.6. The van der Waals surface area contributed by atoms with Gasteiger partial charge in [-0.15, -0.1) is 0 Å². The van der Waals surface area contributed by atoms with E-state index in [0.29, 0.717) is 0 Å². The first-order chi connectivity index (χ1) is 36.7. The summed E-state index contributed by atoms with van der Waals surface area (Å²) in [4.78, 5) is 43.7. The summed E-state index contributed by atoms with van der Waals surface area (Å²) in [7, 11) is -3.11. The van der Waals surface area contributed by atoms with Crippen molar-refractivity contribution in [3.63, 3.8) is 0 Å². The normalized spacial score (nSPS) is 25.3. The monoisotopic (exact) mass is 1070 g/mol. The van der Waals surface area contributed by atoms with Gasteiger partial charge in [-0.05, 0) is 59.7 Å². The fourth-order valence-electron chi connectivity index (χ4n) is 10.2. The van der Waals surface area contributed by atoms with E-state index in [2.05, 4.69) is 41.5 Å². The Kier molecular flexibility index (Phi) is 17.7. The summed E-state index contributed by atoms with van der Waals surface area (Å²) < 4.78 is 68.7. The molecule has 0 radical (unpaired) electrons. The molecule has 0 N–H and O–H groups in total. The molecule has 0 saturated carbocycles. The van der Waals surface area contributed by atoms with E-state index in [0.717, 1.165) is 16.0 Å². The molecule has 76 heavy (non-hydrogen) atoms. The maximum absolute atomic E-state index is 14.4. The number of rotatable bonds is 17. The van der Waals surface area contributed by atoms with Crippen LogP contribution >= 0.6 is 11.8 Å². The number of fused-ring (bicyclic) bond motifs is 1. The van der Waals surface area contributed by atoms with Crippen molar-refractivity contribution in [3.05, 3.63) is 210 Å². The predicted octanol–water partition coefficient (Wildman–Crippen LogP) is 11.6. The molecule has 3 aliphatic heterocycles. The highest BCUT2D eigenvalue weighted by Crippen LogP contribution is 2.55. The van der Waals surface area contributed by atoms with Gasteiger partial charge in [-0.25, -0.2) is 14.4 Å². The number of hydrogen-bond acceptors (Lipinski definition) is 14. The fourth-order valence-corrected chi connectivity index (χ4v) is 16.2. The van der Waals surface area contributed by atoms with Crippen LogP contribution < -0.4 is 0 Å². The van der Waals surface area contributed by atoms with Gasteiger partial charge in [0.25, 0.3) is 0 Å². The van der Waals surface area contributed by atoms with E-state index in [9.17, 15) is 14.4 Å². The van der Waals surface area contributed by atoms with Crippen LogP contribution in [0.4, 0.5) is 0 Å². The third-order valence-corrected chi connectivity index (χ3v) is 19.9. The lowest BCUT2D eigenvalue weighted by molar-refractivity contribution is -0.333. The van der Waals surface area contributed by atoms with Crippen molar-refractivity contribution in [2.45, 2.75) is 130 Å². The largest absolute Gasteiger partial charge is 0.452 e. The lowest BCUT2D eigenvalue weighted by atomic mass is 9.97. The molecule has 0 spiro atoms. The molecule has 0 aromatic heterocycles. The number of carbonyl (C=O) groups is 3. The number of benzene rings is 6. The maximum Gasteiger partial charge on any atom is 0.349 e. The summed E-state index contributed by atoms with van der Waals surface area (Å²) in [6, 6.07) is 54.5. The minimum Gasteiger partial charge on any atom is -0.452 e. The van der Waals surface area contributed by atoms with Crippen LogP contribution in [-0.4, -0.2) is 100 Å². The standard InChI is InChI=1S/C61H66O13SSi/c1-60(2,3)76(61(4,5)6)68-40-48-50(74-76)51(65-37-41-25-13-7-14-26-41)53(66-38-42-27-15-8-16-28-42)58(69-48)67-39-47-49(71-55(62)43-29-17-9-18-30-43)52(72-56(63)44-31-19-10-20-32-44)54(73-57(64)45-33-21-11-22-34-45)59(70-47)75-46-35-23-12-24-36-46/h7-36,47-54,58-59H,37-40H2,1-6H3/t47-,48-,49+,50+,51+,52+,53-,54-,58+,59+/m1/s1. The molecule has 398 valence electrons. The maximum atomic E-state index is 14.4. The van der Waals surface area contributed by atoms with E-state index in [1.807, 2.05) is 91.0 Å². The number of ether oxygens (including phenoxy) is 8. The minimum absolute atomic E-state index is 0.175. The number of esters is 3. The highest BCUT2D eigenvalue weighted by Gasteiger charge is 2.65. The fraction of sp³-hybridized carbons (Fsp3) is 0.361. The number of thioether (sulfide) groups is 1. The van der Waals surface area contributed by atoms with E-state index in [4.69, 9.17) is 46.7 Å². The average molecular weight is 1070 g/mol. The van der Waals surface area contributed by atoms with E-state index in [1.54, 1.807) is 91.0 Å². The molecule has 15 heteroatoms. The van der Waals surface area contributed by atoms with E-state index in [1.165, 1.54) is 11.8 Å². The van der Waals surface area contributed by atoms with Gasteiger partial charge in [-0.1, -0.05) is 187 Å². The Labute approximate surface area is 450 Å². The summed E-state index contributed by atoms with van der Waals surface area (Å²) in [5.41, 5.74) is 1.51. The Morgan fingerprint density at radius 3 is 1.39 bits per heavy atom. The summed E-state index contributed by atoms with van der Waals surface area (Å²) in [6.45, 7) is 13.3. The SMILES string of the molecule is CC(C)(C)[Si]1(C(C)(C)C)OC[C@H]2O[C@H](OC[C@H]3O[C@@H](Sc4ccccc4)[C@H](OC(=O)c4ccccc4)[C@@H](OC(=O)c4ccccc4)[C@H]3OC(=O)c3ccccc3)[C@H](OCc3ccccc3)[C@@H](OCc3ccccc3)[C@H]2O1. The first kappa shape index (κ1) is 54.8. The third-order valence-electron chi connectivity index (χ3n) is 13.7. The van der Waals surface area contributed by atoms with Crippen LogP contribution in [0.1, 0.15) is 83.7 Å². The topological polar surface area (TPSA) is 144 Å². The van der Waals surface area contributed by atoms with Gasteiger partial charge < -0.3 is 46.7 Å². The molecule has 0 amide bonds. The second-order valence-corrected chi connectivity index (χ2v) is 27.0. The predicted molar refractivity (Wildman–Crippen MR) is 289 cm³/mol. The van der Waals surface area contributed by atoms with Crippen molar-refractivity contribution < 1.29 is 61.1 Å². The van der Waals surface area contributed by atoms with Gasteiger partial charge in [-0.3, -0.25) is 0 Å². The zero-order chi connectivity index (χ0) is 53.3. The van der Waals surface area contributed by atoms with Crippen LogP contribution in [0, 0.1) is 0 Å². The molecule has 9 rings (SSSR count). The molecule has 6 aromatic carbocycles.